The van der Waals surface area contributed by atoms with Crippen LogP contribution in [0.5, 0.6) is 0 Å². The van der Waals surface area contributed by atoms with E-state index in [1.165, 1.54) is 12.8 Å². The molecule has 0 radical (unpaired) electrons. The molecule has 0 spiro atoms. The van der Waals surface area contributed by atoms with Crippen LogP contribution in [0.4, 0.5) is 0 Å². The minimum Gasteiger partial charge on any atom is -0.299 e. The summed E-state index contributed by atoms with van der Waals surface area (Å²) in [5.41, 5.74) is -0.118. The molecule has 0 aromatic heterocycles. The van der Waals surface area contributed by atoms with E-state index in [4.69, 9.17) is 0 Å². The Morgan fingerprint density at radius 2 is 1.85 bits per heavy atom. The van der Waals surface area contributed by atoms with Crippen molar-refractivity contribution in [3.05, 3.63) is 0 Å². The summed E-state index contributed by atoms with van der Waals surface area (Å²) in [5, 5.41) is 0. The Morgan fingerprint density at radius 1 is 1.31 bits per heavy atom. The predicted octanol–water partition coefficient (Wildman–Crippen LogP) is 3.82. The first-order valence-electron chi connectivity index (χ1n) is 5.50. The first-order valence-corrected chi connectivity index (χ1v) is 5.50. The first-order chi connectivity index (χ1) is 5.95. The van der Waals surface area contributed by atoms with Crippen LogP contribution in [0.25, 0.3) is 0 Å². The number of hydrogen-bond donors (Lipinski definition) is 0. The number of rotatable bonds is 6. The third-order valence-electron chi connectivity index (χ3n) is 2.99. The van der Waals surface area contributed by atoms with E-state index < -0.39 is 0 Å². The predicted molar refractivity (Wildman–Crippen MR) is 57.8 cm³/mol. The van der Waals surface area contributed by atoms with Crippen LogP contribution in [0.3, 0.4) is 0 Å². The van der Waals surface area contributed by atoms with Gasteiger partial charge in [-0.25, -0.2) is 0 Å². The van der Waals surface area contributed by atoms with Crippen molar-refractivity contribution in [1.82, 2.24) is 0 Å². The molecule has 0 heterocycles. The van der Waals surface area contributed by atoms with Gasteiger partial charge in [-0.3, -0.25) is 4.79 Å². The molecule has 0 N–H and O–H groups in total. The van der Waals surface area contributed by atoms with Gasteiger partial charge in [-0.2, -0.15) is 0 Å². The van der Waals surface area contributed by atoms with Crippen molar-refractivity contribution in [2.45, 2.75) is 60.3 Å². The van der Waals surface area contributed by atoms with Gasteiger partial charge in [0.1, 0.15) is 5.78 Å². The first kappa shape index (κ1) is 12.7. The number of ketones is 1. The lowest BCUT2D eigenvalue weighted by atomic mass is 9.78. The molecule has 0 aliphatic rings. The summed E-state index contributed by atoms with van der Waals surface area (Å²) in [4.78, 5) is 11.9. The molecule has 13 heavy (non-hydrogen) atoms. The van der Waals surface area contributed by atoms with E-state index in [-0.39, 0.29) is 11.3 Å². The molecule has 0 fully saturated rings. The third kappa shape index (κ3) is 3.93. The van der Waals surface area contributed by atoms with Gasteiger partial charge in [0.25, 0.3) is 0 Å². The van der Waals surface area contributed by atoms with E-state index in [1.54, 1.807) is 0 Å². The van der Waals surface area contributed by atoms with Crippen LogP contribution >= 0.6 is 0 Å². The highest BCUT2D eigenvalue weighted by Gasteiger charge is 2.28. The lowest BCUT2D eigenvalue weighted by Gasteiger charge is -2.24. The fourth-order valence-corrected chi connectivity index (χ4v) is 1.48. The van der Waals surface area contributed by atoms with Crippen molar-refractivity contribution < 1.29 is 4.79 Å². The standard InChI is InChI=1S/C12H24O/c1-6-8-9-10(3)11(13)12(4,5)7-2/h10H,6-9H2,1-5H3. The molecule has 0 aromatic carbocycles. The molecule has 0 aromatic rings. The lowest BCUT2D eigenvalue weighted by molar-refractivity contribution is -0.131. The highest BCUT2D eigenvalue weighted by molar-refractivity contribution is 5.85. The maximum atomic E-state index is 11.9. The zero-order valence-electron chi connectivity index (χ0n) is 9.81. The fraction of sp³-hybridized carbons (Fsp3) is 0.917. The second kappa shape index (κ2) is 5.41. The molecular weight excluding hydrogens is 160 g/mol. The minimum absolute atomic E-state index is 0.118. The number of hydrogen-bond acceptors (Lipinski definition) is 1. The summed E-state index contributed by atoms with van der Waals surface area (Å²) < 4.78 is 0. The van der Waals surface area contributed by atoms with Crippen molar-refractivity contribution in [2.75, 3.05) is 0 Å². The summed E-state index contributed by atoms with van der Waals surface area (Å²) in [7, 11) is 0. The second-order valence-corrected chi connectivity index (χ2v) is 4.64. The van der Waals surface area contributed by atoms with Gasteiger partial charge in [-0.1, -0.05) is 47.5 Å². The number of Topliss-reactive ketones (excluding diaryl/α,β-unsaturated/α-hetero) is 1. The van der Waals surface area contributed by atoms with Crippen molar-refractivity contribution in [3.8, 4) is 0 Å². The summed E-state index contributed by atoms with van der Waals surface area (Å²) in [5.74, 6) is 0.679. The highest BCUT2D eigenvalue weighted by atomic mass is 16.1. The molecule has 1 nitrogen and oxygen atoms in total. The van der Waals surface area contributed by atoms with E-state index in [0.29, 0.717) is 5.78 Å². The number of carbonyl (C=O) groups excluding carboxylic acids is 1. The number of carbonyl (C=O) groups is 1. The maximum absolute atomic E-state index is 11.9. The molecule has 0 aliphatic carbocycles. The smallest absolute Gasteiger partial charge is 0.141 e. The normalized spacial score (nSPS) is 14.2. The Morgan fingerprint density at radius 3 is 2.23 bits per heavy atom. The summed E-state index contributed by atoms with van der Waals surface area (Å²) in [6.45, 7) is 10.4. The van der Waals surface area contributed by atoms with E-state index in [2.05, 4.69) is 34.6 Å². The Labute approximate surface area is 82.9 Å². The SMILES string of the molecule is CCCCC(C)C(=O)C(C)(C)CC. The molecule has 0 aliphatic heterocycles. The molecule has 0 bridgehead atoms. The monoisotopic (exact) mass is 184 g/mol. The van der Waals surface area contributed by atoms with Gasteiger partial charge >= 0.3 is 0 Å². The molecule has 78 valence electrons. The zero-order chi connectivity index (χ0) is 10.5. The maximum Gasteiger partial charge on any atom is 0.141 e. The summed E-state index contributed by atoms with van der Waals surface area (Å²) >= 11 is 0. The van der Waals surface area contributed by atoms with Gasteiger partial charge in [0.15, 0.2) is 0 Å². The third-order valence-corrected chi connectivity index (χ3v) is 2.99. The molecule has 0 saturated carbocycles. The van der Waals surface area contributed by atoms with Crippen molar-refractivity contribution in [3.63, 3.8) is 0 Å². The van der Waals surface area contributed by atoms with E-state index in [1.807, 2.05) is 0 Å². The van der Waals surface area contributed by atoms with Gasteiger partial charge in [-0.15, -0.1) is 0 Å². The molecular formula is C12H24O. The largest absolute Gasteiger partial charge is 0.299 e. The Kier molecular flexibility index (Phi) is 5.27. The van der Waals surface area contributed by atoms with Crippen molar-refractivity contribution >= 4 is 5.78 Å². The average Bonchev–Trinajstić information content (AvgIpc) is 2.12. The van der Waals surface area contributed by atoms with Gasteiger partial charge in [-0.05, 0) is 12.8 Å². The molecule has 0 rings (SSSR count). The van der Waals surface area contributed by atoms with Crippen LogP contribution in [0, 0.1) is 11.3 Å². The van der Waals surface area contributed by atoms with Crippen LogP contribution < -0.4 is 0 Å². The lowest BCUT2D eigenvalue weighted by Crippen LogP contribution is -2.28. The summed E-state index contributed by atoms with van der Waals surface area (Å²) in [6, 6.07) is 0. The van der Waals surface area contributed by atoms with Gasteiger partial charge in [0.2, 0.25) is 0 Å². The Balaban J connectivity index is 4.09. The Bertz CT molecular complexity index is 159. The summed E-state index contributed by atoms with van der Waals surface area (Å²) in [6.07, 6.45) is 4.36. The molecule has 0 amide bonds. The van der Waals surface area contributed by atoms with Crippen LogP contribution in [0.1, 0.15) is 60.3 Å². The number of unbranched alkanes of at least 4 members (excludes halogenated alkanes) is 1. The second-order valence-electron chi connectivity index (χ2n) is 4.64. The molecule has 1 heteroatoms. The van der Waals surface area contributed by atoms with Crippen LogP contribution in [0.2, 0.25) is 0 Å². The molecule has 0 saturated heterocycles. The van der Waals surface area contributed by atoms with Crippen LogP contribution in [-0.2, 0) is 4.79 Å². The quantitative estimate of drug-likeness (QED) is 0.613. The molecule has 1 unspecified atom stereocenters. The van der Waals surface area contributed by atoms with E-state index >= 15 is 0 Å². The fourth-order valence-electron chi connectivity index (χ4n) is 1.48. The zero-order valence-corrected chi connectivity index (χ0v) is 9.81. The average molecular weight is 184 g/mol. The van der Waals surface area contributed by atoms with Crippen LogP contribution in [0.15, 0.2) is 0 Å². The highest BCUT2D eigenvalue weighted by Crippen LogP contribution is 2.27. The molecule has 1 atom stereocenters. The Hall–Kier alpha value is -0.330. The van der Waals surface area contributed by atoms with Crippen molar-refractivity contribution in [2.24, 2.45) is 11.3 Å². The van der Waals surface area contributed by atoms with Gasteiger partial charge in [0, 0.05) is 11.3 Å². The topological polar surface area (TPSA) is 17.1 Å². The van der Waals surface area contributed by atoms with E-state index in [0.717, 1.165) is 12.8 Å². The van der Waals surface area contributed by atoms with Crippen LogP contribution in [-0.4, -0.2) is 5.78 Å². The van der Waals surface area contributed by atoms with Gasteiger partial charge in [0.05, 0.1) is 0 Å². The van der Waals surface area contributed by atoms with Crippen molar-refractivity contribution in [1.29, 1.82) is 0 Å². The minimum atomic E-state index is -0.118. The van der Waals surface area contributed by atoms with Gasteiger partial charge < -0.3 is 0 Å². The van der Waals surface area contributed by atoms with E-state index in [9.17, 15) is 4.79 Å².